The van der Waals surface area contributed by atoms with Gasteiger partial charge in [0.25, 0.3) is 0 Å². The minimum Gasteiger partial charge on any atom is -0.364 e. The molecule has 1 saturated carbocycles. The average molecular weight is 253 g/mol. The third-order valence-electron chi connectivity index (χ3n) is 3.63. The molecule has 1 aliphatic rings. The molecule has 0 aliphatic heterocycles. The van der Waals surface area contributed by atoms with Gasteiger partial charge in [0.1, 0.15) is 6.61 Å². The summed E-state index contributed by atoms with van der Waals surface area (Å²) in [5.41, 5.74) is -0.615. The number of hydrogen-bond acceptors (Lipinski definition) is 2. The maximum Gasteiger partial charge on any atom is 0.411 e. The summed E-state index contributed by atoms with van der Waals surface area (Å²) < 4.78 is 41.8. The summed E-state index contributed by atoms with van der Waals surface area (Å²) in [5, 5.41) is 2.96. The first-order valence-corrected chi connectivity index (χ1v) is 6.26. The summed E-state index contributed by atoms with van der Waals surface area (Å²) in [6.45, 7) is 1.50. The molecule has 0 atom stereocenters. The molecule has 0 aromatic heterocycles. The van der Waals surface area contributed by atoms with E-state index >= 15 is 0 Å². The van der Waals surface area contributed by atoms with Gasteiger partial charge in [-0.05, 0) is 38.6 Å². The van der Waals surface area contributed by atoms with Crippen LogP contribution in [0.4, 0.5) is 13.2 Å². The van der Waals surface area contributed by atoms with Crippen LogP contribution in [-0.4, -0.2) is 32.0 Å². The zero-order chi connectivity index (χ0) is 12.9. The van der Waals surface area contributed by atoms with Crippen LogP contribution in [0.25, 0.3) is 0 Å². The second-order valence-electron chi connectivity index (χ2n) is 4.97. The molecule has 0 spiro atoms. The Morgan fingerprint density at radius 1 is 1.29 bits per heavy atom. The molecule has 0 radical (unpaired) electrons. The molecule has 0 aromatic rings. The highest BCUT2D eigenvalue weighted by Gasteiger charge is 2.39. The fourth-order valence-corrected chi connectivity index (χ4v) is 2.54. The van der Waals surface area contributed by atoms with Gasteiger partial charge in [-0.15, -0.1) is 0 Å². The third-order valence-corrected chi connectivity index (χ3v) is 3.63. The van der Waals surface area contributed by atoms with Crippen molar-refractivity contribution in [2.45, 2.75) is 50.8 Å². The molecule has 17 heavy (non-hydrogen) atoms. The topological polar surface area (TPSA) is 21.3 Å². The number of likely N-dealkylation sites (N-methyl/N-ethyl adjacent to an activating group) is 1. The van der Waals surface area contributed by atoms with Crippen LogP contribution < -0.4 is 5.32 Å². The lowest BCUT2D eigenvalue weighted by atomic mass is 9.77. The number of rotatable bonds is 5. The van der Waals surface area contributed by atoms with E-state index in [0.29, 0.717) is 12.5 Å². The van der Waals surface area contributed by atoms with Crippen LogP contribution >= 0.6 is 0 Å². The first kappa shape index (κ1) is 14.8. The van der Waals surface area contributed by atoms with Gasteiger partial charge in [0, 0.05) is 6.54 Å². The maximum atomic E-state index is 12.2. The standard InChI is InChI=1S/C12H22F3NO/c1-3-10-4-6-11(7-5-10,8-16-2)17-9-12(13,14)15/h10,16H,3-9H2,1-2H3. The van der Waals surface area contributed by atoms with E-state index in [1.54, 1.807) is 7.05 Å². The molecule has 1 aliphatic carbocycles. The fourth-order valence-electron chi connectivity index (χ4n) is 2.54. The Balaban J connectivity index is 2.52. The second-order valence-corrected chi connectivity index (χ2v) is 4.97. The van der Waals surface area contributed by atoms with Gasteiger partial charge in [-0.1, -0.05) is 13.3 Å². The summed E-state index contributed by atoms with van der Waals surface area (Å²) in [7, 11) is 1.75. The molecular weight excluding hydrogens is 231 g/mol. The fraction of sp³-hybridized carbons (Fsp3) is 1.00. The van der Waals surface area contributed by atoms with Crippen molar-refractivity contribution in [3.8, 4) is 0 Å². The number of ether oxygens (including phenoxy) is 1. The van der Waals surface area contributed by atoms with Gasteiger partial charge in [-0.3, -0.25) is 0 Å². The van der Waals surface area contributed by atoms with Gasteiger partial charge in [0.15, 0.2) is 0 Å². The molecule has 102 valence electrons. The normalized spacial score (nSPS) is 30.5. The SMILES string of the molecule is CCC1CCC(CNC)(OCC(F)(F)F)CC1. The van der Waals surface area contributed by atoms with Crippen LogP contribution in [0.3, 0.4) is 0 Å². The molecule has 1 fully saturated rings. The predicted octanol–water partition coefficient (Wildman–Crippen LogP) is 3.12. The molecule has 0 saturated heterocycles. The quantitative estimate of drug-likeness (QED) is 0.812. The van der Waals surface area contributed by atoms with Crippen LogP contribution in [-0.2, 0) is 4.74 Å². The lowest BCUT2D eigenvalue weighted by Gasteiger charge is -2.40. The highest BCUT2D eigenvalue weighted by molar-refractivity contribution is 4.89. The maximum absolute atomic E-state index is 12.2. The van der Waals surface area contributed by atoms with E-state index in [1.165, 1.54) is 0 Å². The lowest BCUT2D eigenvalue weighted by Crippen LogP contribution is -2.46. The molecule has 1 rings (SSSR count). The number of nitrogens with one attached hydrogen (secondary N) is 1. The highest BCUT2D eigenvalue weighted by atomic mass is 19.4. The van der Waals surface area contributed by atoms with Gasteiger partial charge < -0.3 is 10.1 Å². The Labute approximate surface area is 101 Å². The summed E-state index contributed by atoms with van der Waals surface area (Å²) in [4.78, 5) is 0. The van der Waals surface area contributed by atoms with Crippen LogP contribution in [0, 0.1) is 5.92 Å². The molecular formula is C12H22F3NO. The molecule has 2 nitrogen and oxygen atoms in total. The number of alkyl halides is 3. The molecule has 0 aromatic carbocycles. The van der Waals surface area contributed by atoms with E-state index in [9.17, 15) is 13.2 Å². The van der Waals surface area contributed by atoms with E-state index in [1.807, 2.05) is 0 Å². The average Bonchev–Trinajstić information content (AvgIpc) is 2.27. The highest BCUT2D eigenvalue weighted by Crippen LogP contribution is 2.36. The van der Waals surface area contributed by atoms with Crippen molar-refractivity contribution in [3.05, 3.63) is 0 Å². The first-order chi connectivity index (χ1) is 7.91. The minimum absolute atomic E-state index is 0.500. The Morgan fingerprint density at radius 3 is 2.29 bits per heavy atom. The molecule has 0 amide bonds. The van der Waals surface area contributed by atoms with Gasteiger partial charge in [-0.2, -0.15) is 13.2 Å². The predicted molar refractivity (Wildman–Crippen MR) is 60.9 cm³/mol. The van der Waals surface area contributed by atoms with E-state index in [-0.39, 0.29) is 0 Å². The Morgan fingerprint density at radius 2 is 1.88 bits per heavy atom. The van der Waals surface area contributed by atoms with Crippen LogP contribution in [0.15, 0.2) is 0 Å². The molecule has 0 bridgehead atoms. The Bertz CT molecular complexity index is 222. The summed E-state index contributed by atoms with van der Waals surface area (Å²) in [5.74, 6) is 0.648. The van der Waals surface area contributed by atoms with Crippen molar-refractivity contribution in [3.63, 3.8) is 0 Å². The second kappa shape index (κ2) is 6.05. The molecule has 5 heteroatoms. The van der Waals surface area contributed by atoms with E-state index in [2.05, 4.69) is 12.2 Å². The van der Waals surface area contributed by atoms with Crippen molar-refractivity contribution in [1.29, 1.82) is 0 Å². The zero-order valence-corrected chi connectivity index (χ0v) is 10.6. The monoisotopic (exact) mass is 253 g/mol. The van der Waals surface area contributed by atoms with Gasteiger partial charge in [0.2, 0.25) is 0 Å². The van der Waals surface area contributed by atoms with E-state index in [4.69, 9.17) is 4.74 Å². The summed E-state index contributed by atoms with van der Waals surface area (Å²) in [6.07, 6.45) is 0.258. The minimum atomic E-state index is -4.23. The number of hydrogen-bond donors (Lipinski definition) is 1. The smallest absolute Gasteiger partial charge is 0.364 e. The van der Waals surface area contributed by atoms with Gasteiger partial charge >= 0.3 is 6.18 Å². The molecule has 0 unspecified atom stereocenters. The van der Waals surface area contributed by atoms with Gasteiger partial charge in [0.05, 0.1) is 5.60 Å². The number of halogens is 3. The zero-order valence-electron chi connectivity index (χ0n) is 10.6. The van der Waals surface area contributed by atoms with Crippen molar-refractivity contribution in [2.24, 2.45) is 5.92 Å². The van der Waals surface area contributed by atoms with Crippen LogP contribution in [0.5, 0.6) is 0 Å². The summed E-state index contributed by atoms with van der Waals surface area (Å²) in [6, 6.07) is 0. The third kappa shape index (κ3) is 4.84. The largest absolute Gasteiger partial charge is 0.411 e. The van der Waals surface area contributed by atoms with Crippen molar-refractivity contribution < 1.29 is 17.9 Å². The summed E-state index contributed by atoms with van der Waals surface area (Å²) >= 11 is 0. The lowest BCUT2D eigenvalue weighted by molar-refractivity contribution is -0.211. The van der Waals surface area contributed by atoms with Crippen LogP contribution in [0.2, 0.25) is 0 Å². The van der Waals surface area contributed by atoms with Crippen molar-refractivity contribution in [2.75, 3.05) is 20.2 Å². The molecule has 1 N–H and O–H groups in total. The van der Waals surface area contributed by atoms with Crippen molar-refractivity contribution in [1.82, 2.24) is 5.32 Å². The Hall–Kier alpha value is -0.290. The molecule has 0 heterocycles. The van der Waals surface area contributed by atoms with Gasteiger partial charge in [-0.25, -0.2) is 0 Å². The van der Waals surface area contributed by atoms with Crippen molar-refractivity contribution >= 4 is 0 Å². The van der Waals surface area contributed by atoms with E-state index < -0.39 is 18.4 Å². The first-order valence-electron chi connectivity index (χ1n) is 6.26. The van der Waals surface area contributed by atoms with E-state index in [0.717, 1.165) is 32.1 Å². The Kier molecular flexibility index (Phi) is 5.25. The van der Waals surface area contributed by atoms with Crippen LogP contribution in [0.1, 0.15) is 39.0 Å².